The highest BCUT2D eigenvalue weighted by atomic mass is 16.3. The number of carbonyl (C=O) groups excluding carboxylic acids is 1. The predicted octanol–water partition coefficient (Wildman–Crippen LogP) is 6.96. The number of fused-ring (bicyclic) bond motifs is 5. The SMILES string of the molecule is CC(C)CCC[C@@H](C)[C@H]1CC(=O)[C@@]2(C)C3=CCC4CC(O)CC[C@]4(C)[C@H]3CC[C@]12C. The summed E-state index contributed by atoms with van der Waals surface area (Å²) in [4.78, 5) is 13.7. The van der Waals surface area contributed by atoms with Crippen LogP contribution in [0.2, 0.25) is 0 Å². The van der Waals surface area contributed by atoms with Crippen molar-refractivity contribution < 1.29 is 9.90 Å². The van der Waals surface area contributed by atoms with Crippen molar-refractivity contribution in [2.75, 3.05) is 0 Å². The summed E-state index contributed by atoms with van der Waals surface area (Å²) in [5.74, 6) is 3.59. The number of hydrogen-bond donors (Lipinski definition) is 1. The lowest BCUT2D eigenvalue weighted by Crippen LogP contribution is -2.55. The average Bonchev–Trinajstić information content (AvgIpc) is 2.89. The standard InChI is InChI=1S/C28H46O2/c1-18(2)8-7-9-19(3)24-17-25(30)28(6)23-11-10-20-16-21(29)12-14-26(20,4)22(23)13-15-27(24,28)5/h11,18-22,24,29H,7-10,12-17H2,1-6H3/t19-,20?,21?,22+,24-,26+,27-,28-/m1/s1. The van der Waals surface area contributed by atoms with Crippen LogP contribution in [0.5, 0.6) is 0 Å². The summed E-state index contributed by atoms with van der Waals surface area (Å²) < 4.78 is 0. The predicted molar refractivity (Wildman–Crippen MR) is 124 cm³/mol. The normalized spacial score (nSPS) is 46.8. The number of rotatable bonds is 5. The van der Waals surface area contributed by atoms with Gasteiger partial charge in [-0.1, -0.05) is 65.5 Å². The first-order valence-corrected chi connectivity index (χ1v) is 13.0. The molecule has 0 aliphatic heterocycles. The molecule has 8 atom stereocenters. The largest absolute Gasteiger partial charge is 0.393 e. The van der Waals surface area contributed by atoms with Crippen LogP contribution in [0.3, 0.4) is 0 Å². The molecule has 0 aromatic rings. The van der Waals surface area contributed by atoms with Crippen LogP contribution >= 0.6 is 0 Å². The summed E-state index contributed by atoms with van der Waals surface area (Å²) in [6, 6.07) is 0. The molecule has 0 aromatic heterocycles. The maximum absolute atomic E-state index is 13.7. The summed E-state index contributed by atoms with van der Waals surface area (Å²) in [7, 11) is 0. The maximum Gasteiger partial charge on any atom is 0.143 e. The van der Waals surface area contributed by atoms with Crippen molar-refractivity contribution in [1.29, 1.82) is 0 Å². The van der Waals surface area contributed by atoms with Gasteiger partial charge in [-0.25, -0.2) is 0 Å². The molecule has 0 heterocycles. The lowest BCUT2D eigenvalue weighted by Gasteiger charge is -2.60. The van der Waals surface area contributed by atoms with Crippen LogP contribution in [0.4, 0.5) is 0 Å². The number of ketones is 1. The van der Waals surface area contributed by atoms with E-state index in [1.54, 1.807) is 0 Å². The number of aliphatic hydroxyl groups excluding tert-OH is 1. The summed E-state index contributed by atoms with van der Waals surface area (Å²) in [5.41, 5.74) is 1.63. The lowest BCUT2D eigenvalue weighted by atomic mass is 9.43. The van der Waals surface area contributed by atoms with Crippen molar-refractivity contribution in [3.8, 4) is 0 Å². The van der Waals surface area contributed by atoms with Crippen LogP contribution in [0.15, 0.2) is 11.6 Å². The van der Waals surface area contributed by atoms with E-state index in [4.69, 9.17) is 0 Å². The lowest BCUT2D eigenvalue weighted by molar-refractivity contribution is -0.130. The molecule has 0 spiro atoms. The summed E-state index contributed by atoms with van der Waals surface area (Å²) >= 11 is 0. The van der Waals surface area contributed by atoms with Crippen LogP contribution in [0.25, 0.3) is 0 Å². The van der Waals surface area contributed by atoms with Crippen molar-refractivity contribution in [2.45, 2.75) is 112 Å². The molecule has 0 amide bonds. The van der Waals surface area contributed by atoms with Gasteiger partial charge in [0.05, 0.1) is 11.5 Å². The Bertz CT molecular complexity index is 707. The summed E-state index contributed by atoms with van der Waals surface area (Å²) in [6.07, 6.45) is 13.5. The van der Waals surface area contributed by atoms with Gasteiger partial charge in [-0.05, 0) is 85.9 Å². The zero-order chi connectivity index (χ0) is 21.9. The monoisotopic (exact) mass is 414 g/mol. The quantitative estimate of drug-likeness (QED) is 0.494. The third-order valence-corrected chi connectivity index (χ3v) is 10.9. The molecule has 2 nitrogen and oxygen atoms in total. The molecule has 0 bridgehead atoms. The fourth-order valence-electron chi connectivity index (χ4n) is 8.59. The highest BCUT2D eigenvalue weighted by Crippen LogP contribution is 2.71. The molecule has 3 fully saturated rings. The first-order chi connectivity index (χ1) is 14.0. The van der Waals surface area contributed by atoms with E-state index in [9.17, 15) is 9.90 Å². The molecule has 0 aromatic carbocycles. The molecule has 4 aliphatic carbocycles. The molecule has 3 saturated carbocycles. The number of aliphatic hydroxyl groups is 1. The minimum atomic E-state index is -0.267. The smallest absolute Gasteiger partial charge is 0.143 e. The molecule has 170 valence electrons. The van der Waals surface area contributed by atoms with E-state index in [1.165, 1.54) is 37.7 Å². The minimum absolute atomic E-state index is 0.112. The Morgan fingerprint density at radius 2 is 1.83 bits per heavy atom. The summed E-state index contributed by atoms with van der Waals surface area (Å²) in [5, 5.41) is 10.3. The number of allylic oxidation sites excluding steroid dienone is 2. The number of hydrogen-bond acceptors (Lipinski definition) is 2. The van der Waals surface area contributed by atoms with Crippen LogP contribution in [-0.2, 0) is 4.79 Å². The second-order valence-corrected chi connectivity index (χ2v) is 12.7. The van der Waals surface area contributed by atoms with Crippen LogP contribution in [0.1, 0.15) is 106 Å². The molecular formula is C28H46O2. The number of Topliss-reactive ketones (excluding diaryl/α,β-unsaturated/α-hetero) is 1. The topological polar surface area (TPSA) is 37.3 Å². The van der Waals surface area contributed by atoms with Crippen molar-refractivity contribution in [1.82, 2.24) is 0 Å². The van der Waals surface area contributed by atoms with Crippen molar-refractivity contribution >= 4 is 5.78 Å². The molecule has 2 unspecified atom stereocenters. The molecule has 0 saturated heterocycles. The molecule has 0 radical (unpaired) electrons. The fraction of sp³-hybridized carbons (Fsp3) is 0.893. The molecule has 2 heteroatoms. The van der Waals surface area contributed by atoms with E-state index in [2.05, 4.69) is 47.6 Å². The molecule has 30 heavy (non-hydrogen) atoms. The van der Waals surface area contributed by atoms with E-state index in [1.807, 2.05) is 0 Å². The van der Waals surface area contributed by atoms with Gasteiger partial charge in [0.25, 0.3) is 0 Å². The van der Waals surface area contributed by atoms with E-state index in [-0.39, 0.29) is 22.3 Å². The first kappa shape index (κ1) is 22.6. The number of carbonyl (C=O) groups is 1. The van der Waals surface area contributed by atoms with Gasteiger partial charge < -0.3 is 5.11 Å². The van der Waals surface area contributed by atoms with Gasteiger partial charge in [-0.3, -0.25) is 4.79 Å². The van der Waals surface area contributed by atoms with Gasteiger partial charge >= 0.3 is 0 Å². The fourth-order valence-corrected chi connectivity index (χ4v) is 8.59. The minimum Gasteiger partial charge on any atom is -0.393 e. The Kier molecular flexibility index (Phi) is 5.83. The van der Waals surface area contributed by atoms with Crippen molar-refractivity contribution in [3.05, 3.63) is 11.6 Å². The summed E-state index contributed by atoms with van der Waals surface area (Å²) in [6.45, 7) is 14.3. The highest BCUT2D eigenvalue weighted by Gasteiger charge is 2.67. The van der Waals surface area contributed by atoms with Crippen molar-refractivity contribution in [3.63, 3.8) is 0 Å². The van der Waals surface area contributed by atoms with Crippen LogP contribution in [-0.4, -0.2) is 17.0 Å². The van der Waals surface area contributed by atoms with Gasteiger partial charge in [0.1, 0.15) is 5.78 Å². The Balaban J connectivity index is 1.62. The van der Waals surface area contributed by atoms with Gasteiger partial charge in [0.2, 0.25) is 0 Å². The highest BCUT2D eigenvalue weighted by molar-refractivity contribution is 5.92. The van der Waals surface area contributed by atoms with E-state index >= 15 is 0 Å². The Morgan fingerprint density at radius 1 is 1.10 bits per heavy atom. The van der Waals surface area contributed by atoms with Crippen LogP contribution in [0, 0.1) is 45.8 Å². The molecule has 4 rings (SSSR count). The Hall–Kier alpha value is -0.630. The average molecular weight is 415 g/mol. The molecule has 1 N–H and O–H groups in total. The molecule has 4 aliphatic rings. The van der Waals surface area contributed by atoms with Gasteiger partial charge in [-0.15, -0.1) is 0 Å². The van der Waals surface area contributed by atoms with Gasteiger partial charge in [0.15, 0.2) is 0 Å². The molecular weight excluding hydrogens is 368 g/mol. The van der Waals surface area contributed by atoms with Gasteiger partial charge in [0, 0.05) is 6.42 Å². The Labute approximate surface area is 185 Å². The Morgan fingerprint density at radius 3 is 2.53 bits per heavy atom. The zero-order valence-electron chi connectivity index (χ0n) is 20.5. The maximum atomic E-state index is 13.7. The van der Waals surface area contributed by atoms with E-state index < -0.39 is 0 Å². The van der Waals surface area contributed by atoms with E-state index in [0.29, 0.717) is 29.5 Å². The first-order valence-electron chi connectivity index (χ1n) is 13.0. The second kappa shape index (κ2) is 7.75. The van der Waals surface area contributed by atoms with Crippen molar-refractivity contribution in [2.24, 2.45) is 45.8 Å². The third-order valence-electron chi connectivity index (χ3n) is 10.9. The van der Waals surface area contributed by atoms with Gasteiger partial charge in [-0.2, -0.15) is 0 Å². The van der Waals surface area contributed by atoms with E-state index in [0.717, 1.165) is 38.0 Å². The zero-order valence-corrected chi connectivity index (χ0v) is 20.5. The second-order valence-electron chi connectivity index (χ2n) is 12.7. The third kappa shape index (κ3) is 3.18. The van der Waals surface area contributed by atoms with Crippen LogP contribution < -0.4 is 0 Å².